The molecule has 1 heterocycles. The Morgan fingerprint density at radius 2 is 2.29 bits per heavy atom. The van der Waals surface area contributed by atoms with Crippen LogP contribution in [0.5, 0.6) is 5.75 Å². The molecule has 0 aliphatic carbocycles. The van der Waals surface area contributed by atoms with E-state index in [0.717, 1.165) is 14.6 Å². The molecule has 74 valence electrons. The second-order valence-electron chi connectivity index (χ2n) is 2.75. The number of benzene rings is 1. The Hall–Kier alpha value is -0.940. The molecular formula is C9H10N2OS2. The van der Waals surface area contributed by atoms with Crippen LogP contribution in [0.15, 0.2) is 16.5 Å². The highest BCUT2D eigenvalue weighted by molar-refractivity contribution is 8.00. The molecule has 0 bridgehead atoms. The first-order valence-electron chi connectivity index (χ1n) is 4.02. The van der Waals surface area contributed by atoms with Gasteiger partial charge in [-0.15, -0.1) is 11.3 Å². The van der Waals surface area contributed by atoms with Gasteiger partial charge in [-0.2, -0.15) is 0 Å². The third-order valence-corrected chi connectivity index (χ3v) is 3.90. The fraction of sp³-hybridized carbons (Fsp3) is 0.222. The lowest BCUT2D eigenvalue weighted by atomic mass is 10.3. The number of methoxy groups -OCH3 is 1. The second-order valence-corrected chi connectivity index (χ2v) is 4.83. The SMILES string of the molecule is COc1cc2nc(SC)sc2cc1N. The number of aromatic nitrogens is 1. The van der Waals surface area contributed by atoms with E-state index in [4.69, 9.17) is 10.5 Å². The van der Waals surface area contributed by atoms with Crippen LogP contribution in [0, 0.1) is 0 Å². The molecule has 0 fully saturated rings. The van der Waals surface area contributed by atoms with Gasteiger partial charge >= 0.3 is 0 Å². The number of nitrogens with two attached hydrogens (primary N) is 1. The lowest BCUT2D eigenvalue weighted by molar-refractivity contribution is 0.417. The van der Waals surface area contributed by atoms with Crippen LogP contribution in [0.4, 0.5) is 5.69 Å². The van der Waals surface area contributed by atoms with Gasteiger partial charge in [0.1, 0.15) is 5.75 Å². The van der Waals surface area contributed by atoms with Crippen LogP contribution in [-0.2, 0) is 0 Å². The summed E-state index contributed by atoms with van der Waals surface area (Å²) in [5.74, 6) is 0.690. The summed E-state index contributed by atoms with van der Waals surface area (Å²) in [5, 5.41) is 0. The van der Waals surface area contributed by atoms with Crippen LogP contribution in [-0.4, -0.2) is 18.3 Å². The van der Waals surface area contributed by atoms with Crippen LogP contribution < -0.4 is 10.5 Å². The van der Waals surface area contributed by atoms with E-state index in [-0.39, 0.29) is 0 Å². The maximum atomic E-state index is 5.79. The lowest BCUT2D eigenvalue weighted by Crippen LogP contribution is -1.91. The van der Waals surface area contributed by atoms with Gasteiger partial charge in [0.05, 0.1) is 23.0 Å². The molecule has 0 aliphatic rings. The highest BCUT2D eigenvalue weighted by atomic mass is 32.2. The molecule has 1 aromatic carbocycles. The predicted molar refractivity (Wildman–Crippen MR) is 62.4 cm³/mol. The zero-order valence-electron chi connectivity index (χ0n) is 7.90. The Labute approximate surface area is 90.3 Å². The Morgan fingerprint density at radius 1 is 1.50 bits per heavy atom. The monoisotopic (exact) mass is 226 g/mol. The van der Waals surface area contributed by atoms with Crippen molar-refractivity contribution in [1.29, 1.82) is 0 Å². The first-order chi connectivity index (χ1) is 6.74. The van der Waals surface area contributed by atoms with Crippen molar-refractivity contribution in [3.8, 4) is 5.75 Å². The molecule has 14 heavy (non-hydrogen) atoms. The predicted octanol–water partition coefficient (Wildman–Crippen LogP) is 2.61. The number of anilines is 1. The molecule has 2 aromatic rings. The van der Waals surface area contributed by atoms with Crippen molar-refractivity contribution in [2.24, 2.45) is 0 Å². The Morgan fingerprint density at radius 3 is 2.93 bits per heavy atom. The number of fused-ring (bicyclic) bond motifs is 1. The summed E-state index contributed by atoms with van der Waals surface area (Å²) >= 11 is 3.29. The molecule has 2 rings (SSSR count). The van der Waals surface area contributed by atoms with Crippen LogP contribution in [0.1, 0.15) is 0 Å². The maximum Gasteiger partial charge on any atom is 0.150 e. The number of hydrogen-bond acceptors (Lipinski definition) is 5. The van der Waals surface area contributed by atoms with Gasteiger partial charge in [0, 0.05) is 6.07 Å². The molecule has 0 radical (unpaired) electrons. The smallest absolute Gasteiger partial charge is 0.150 e. The summed E-state index contributed by atoms with van der Waals surface area (Å²) in [6, 6.07) is 3.78. The molecule has 0 saturated carbocycles. The average Bonchev–Trinajstić information content (AvgIpc) is 2.58. The molecular weight excluding hydrogens is 216 g/mol. The minimum Gasteiger partial charge on any atom is -0.495 e. The Bertz CT molecular complexity index is 467. The van der Waals surface area contributed by atoms with E-state index >= 15 is 0 Å². The van der Waals surface area contributed by atoms with Crippen molar-refractivity contribution in [1.82, 2.24) is 4.98 Å². The third-order valence-electron chi connectivity index (χ3n) is 1.89. The van der Waals surface area contributed by atoms with Gasteiger partial charge in [0.15, 0.2) is 4.34 Å². The summed E-state index contributed by atoms with van der Waals surface area (Å²) in [4.78, 5) is 4.43. The normalized spacial score (nSPS) is 10.7. The average molecular weight is 226 g/mol. The number of ether oxygens (including phenoxy) is 1. The Kier molecular flexibility index (Phi) is 2.52. The third kappa shape index (κ3) is 1.53. The Balaban J connectivity index is 2.64. The van der Waals surface area contributed by atoms with Gasteiger partial charge in [-0.1, -0.05) is 11.8 Å². The standard InChI is InChI=1S/C9H10N2OS2/c1-12-7-4-6-8(3-5(7)10)14-9(11-6)13-2/h3-4H,10H2,1-2H3. The number of thiazole rings is 1. The fourth-order valence-corrected chi connectivity index (χ4v) is 2.73. The number of thioether (sulfide) groups is 1. The van der Waals surface area contributed by atoms with E-state index in [1.165, 1.54) is 0 Å². The fourth-order valence-electron chi connectivity index (χ4n) is 1.21. The molecule has 0 saturated heterocycles. The molecule has 5 heteroatoms. The van der Waals surface area contributed by atoms with E-state index in [9.17, 15) is 0 Å². The molecule has 0 atom stereocenters. The van der Waals surface area contributed by atoms with E-state index in [1.807, 2.05) is 18.4 Å². The molecule has 0 aliphatic heterocycles. The topological polar surface area (TPSA) is 48.1 Å². The summed E-state index contributed by atoms with van der Waals surface area (Å²) < 4.78 is 7.28. The minimum absolute atomic E-state index is 0.663. The summed E-state index contributed by atoms with van der Waals surface area (Å²) in [7, 11) is 1.61. The van der Waals surface area contributed by atoms with E-state index in [0.29, 0.717) is 11.4 Å². The van der Waals surface area contributed by atoms with Crippen molar-refractivity contribution in [3.63, 3.8) is 0 Å². The quantitative estimate of drug-likeness (QED) is 0.631. The van der Waals surface area contributed by atoms with Crippen LogP contribution in [0.3, 0.4) is 0 Å². The summed E-state index contributed by atoms with van der Waals surface area (Å²) in [6.45, 7) is 0. The maximum absolute atomic E-state index is 5.79. The summed E-state index contributed by atoms with van der Waals surface area (Å²) in [5.41, 5.74) is 7.41. The molecule has 0 spiro atoms. The number of nitrogen functional groups attached to an aromatic ring is 1. The van der Waals surface area contributed by atoms with Crippen molar-refractivity contribution in [2.75, 3.05) is 19.1 Å². The zero-order chi connectivity index (χ0) is 10.1. The highest BCUT2D eigenvalue weighted by Crippen LogP contribution is 2.33. The first-order valence-corrected chi connectivity index (χ1v) is 6.06. The number of nitrogens with zero attached hydrogens (tertiary/aromatic N) is 1. The summed E-state index contributed by atoms with van der Waals surface area (Å²) in [6.07, 6.45) is 2.01. The molecule has 0 amide bonds. The molecule has 0 unspecified atom stereocenters. The first kappa shape index (κ1) is 9.61. The van der Waals surface area contributed by atoms with Crippen molar-refractivity contribution >= 4 is 39.0 Å². The second kappa shape index (κ2) is 3.67. The molecule has 1 aromatic heterocycles. The lowest BCUT2D eigenvalue weighted by Gasteiger charge is -2.02. The zero-order valence-corrected chi connectivity index (χ0v) is 9.54. The van der Waals surface area contributed by atoms with Gasteiger partial charge in [0.2, 0.25) is 0 Å². The van der Waals surface area contributed by atoms with Gasteiger partial charge in [-0.3, -0.25) is 0 Å². The molecule has 2 N–H and O–H groups in total. The largest absolute Gasteiger partial charge is 0.495 e. The van der Waals surface area contributed by atoms with Gasteiger partial charge in [0.25, 0.3) is 0 Å². The minimum atomic E-state index is 0.663. The van der Waals surface area contributed by atoms with Crippen LogP contribution >= 0.6 is 23.1 Å². The van der Waals surface area contributed by atoms with Crippen molar-refractivity contribution in [3.05, 3.63) is 12.1 Å². The van der Waals surface area contributed by atoms with Gasteiger partial charge in [-0.05, 0) is 12.3 Å². The van der Waals surface area contributed by atoms with Crippen LogP contribution in [0.2, 0.25) is 0 Å². The van der Waals surface area contributed by atoms with Crippen molar-refractivity contribution in [2.45, 2.75) is 4.34 Å². The molecule has 3 nitrogen and oxygen atoms in total. The van der Waals surface area contributed by atoms with Crippen molar-refractivity contribution < 1.29 is 4.74 Å². The van der Waals surface area contributed by atoms with Crippen LogP contribution in [0.25, 0.3) is 10.2 Å². The highest BCUT2D eigenvalue weighted by Gasteiger charge is 2.07. The van der Waals surface area contributed by atoms with E-state index in [1.54, 1.807) is 30.2 Å². The van der Waals surface area contributed by atoms with Gasteiger partial charge in [-0.25, -0.2) is 4.98 Å². The van der Waals surface area contributed by atoms with Gasteiger partial charge < -0.3 is 10.5 Å². The number of rotatable bonds is 2. The van der Waals surface area contributed by atoms with E-state index in [2.05, 4.69) is 4.98 Å². The van der Waals surface area contributed by atoms with E-state index < -0.39 is 0 Å². The number of hydrogen-bond donors (Lipinski definition) is 1.